The van der Waals surface area contributed by atoms with Crippen molar-refractivity contribution in [3.05, 3.63) is 48.0 Å². The minimum Gasteiger partial charge on any atom is -0.313 e. The average Bonchev–Trinajstić information content (AvgIpc) is 2.43. The van der Waals surface area contributed by atoms with Crippen molar-refractivity contribution in [2.45, 2.75) is 40.2 Å². The number of fused-ring (bicyclic) bond motifs is 1. The molecule has 1 heteroatoms. The van der Waals surface area contributed by atoms with Crippen LogP contribution in [0.4, 0.5) is 0 Å². The van der Waals surface area contributed by atoms with Crippen LogP contribution in [0.2, 0.25) is 0 Å². The minimum atomic E-state index is 0.353. The monoisotopic (exact) mass is 269 g/mol. The van der Waals surface area contributed by atoms with Crippen molar-refractivity contribution < 1.29 is 0 Å². The van der Waals surface area contributed by atoms with E-state index in [0.717, 1.165) is 0 Å². The lowest BCUT2D eigenvalue weighted by Gasteiger charge is -2.31. The van der Waals surface area contributed by atoms with E-state index in [2.05, 4.69) is 82.5 Å². The first-order valence-corrected chi connectivity index (χ1v) is 7.58. The smallest absolute Gasteiger partial charge is 0.0320 e. The summed E-state index contributed by atoms with van der Waals surface area (Å²) >= 11 is 0. The van der Waals surface area contributed by atoms with Gasteiger partial charge in [0.1, 0.15) is 0 Å². The number of hydrogen-bond donors (Lipinski definition) is 1. The first kappa shape index (κ1) is 15.1. The first-order valence-electron chi connectivity index (χ1n) is 7.58. The number of rotatable bonds is 4. The van der Waals surface area contributed by atoms with E-state index >= 15 is 0 Å². The van der Waals surface area contributed by atoms with Crippen LogP contribution in [0.25, 0.3) is 10.8 Å². The van der Waals surface area contributed by atoms with Gasteiger partial charge in [0.05, 0.1) is 0 Å². The highest BCUT2D eigenvalue weighted by Crippen LogP contribution is 2.33. The van der Waals surface area contributed by atoms with Crippen molar-refractivity contribution in [1.82, 2.24) is 5.32 Å². The van der Waals surface area contributed by atoms with Gasteiger partial charge in [-0.25, -0.2) is 0 Å². The second-order valence-corrected chi connectivity index (χ2v) is 6.95. The highest BCUT2D eigenvalue weighted by molar-refractivity contribution is 5.83. The molecule has 0 saturated heterocycles. The van der Waals surface area contributed by atoms with Gasteiger partial charge in [-0.15, -0.1) is 0 Å². The molecule has 0 saturated carbocycles. The van der Waals surface area contributed by atoms with Crippen LogP contribution in [-0.4, -0.2) is 7.05 Å². The van der Waals surface area contributed by atoms with Gasteiger partial charge in [-0.1, -0.05) is 64.1 Å². The van der Waals surface area contributed by atoms with Gasteiger partial charge in [0.15, 0.2) is 0 Å². The summed E-state index contributed by atoms with van der Waals surface area (Å²) in [6.07, 6.45) is 1.17. The van der Waals surface area contributed by atoms with Crippen molar-refractivity contribution in [1.29, 1.82) is 0 Å². The fourth-order valence-electron chi connectivity index (χ4n) is 2.55. The lowest BCUT2D eigenvalue weighted by atomic mass is 9.77. The van der Waals surface area contributed by atoms with Crippen LogP contribution in [-0.2, 0) is 0 Å². The van der Waals surface area contributed by atoms with Crippen LogP contribution < -0.4 is 5.32 Å². The lowest BCUT2D eigenvalue weighted by molar-refractivity contribution is 0.226. The predicted octanol–water partition coefficient (Wildman–Crippen LogP) is 5.17. The summed E-state index contributed by atoms with van der Waals surface area (Å²) < 4.78 is 0. The van der Waals surface area contributed by atoms with Gasteiger partial charge in [0, 0.05) is 6.04 Å². The topological polar surface area (TPSA) is 12.0 Å². The molecule has 0 aliphatic heterocycles. The molecular weight excluding hydrogens is 242 g/mol. The lowest BCUT2D eigenvalue weighted by Crippen LogP contribution is -2.25. The molecule has 0 aliphatic rings. The van der Waals surface area contributed by atoms with Gasteiger partial charge >= 0.3 is 0 Å². The van der Waals surface area contributed by atoms with E-state index < -0.39 is 0 Å². The third-order valence-corrected chi connectivity index (χ3v) is 4.59. The van der Waals surface area contributed by atoms with E-state index in [4.69, 9.17) is 0 Å². The Morgan fingerprint density at radius 2 is 1.65 bits per heavy atom. The molecule has 0 radical (unpaired) electrons. The largest absolute Gasteiger partial charge is 0.313 e. The first-order chi connectivity index (χ1) is 9.41. The summed E-state index contributed by atoms with van der Waals surface area (Å²) in [5.74, 6) is 0.673. The maximum absolute atomic E-state index is 3.49. The van der Waals surface area contributed by atoms with Crippen LogP contribution in [0.3, 0.4) is 0 Å². The maximum Gasteiger partial charge on any atom is 0.0320 e. The van der Waals surface area contributed by atoms with Crippen LogP contribution in [0.5, 0.6) is 0 Å². The fourth-order valence-corrected chi connectivity index (χ4v) is 2.55. The predicted molar refractivity (Wildman–Crippen MR) is 89.0 cm³/mol. The van der Waals surface area contributed by atoms with Gasteiger partial charge in [-0.3, -0.25) is 0 Å². The summed E-state index contributed by atoms with van der Waals surface area (Å²) in [5.41, 5.74) is 1.74. The molecular formula is C19H27N. The molecule has 0 spiro atoms. The Morgan fingerprint density at radius 1 is 1.00 bits per heavy atom. The van der Waals surface area contributed by atoms with Gasteiger partial charge in [-0.05, 0) is 47.2 Å². The van der Waals surface area contributed by atoms with Gasteiger partial charge < -0.3 is 5.32 Å². The summed E-state index contributed by atoms with van der Waals surface area (Å²) in [4.78, 5) is 0. The van der Waals surface area contributed by atoms with Crippen molar-refractivity contribution in [3.63, 3.8) is 0 Å². The Bertz CT molecular complexity index is 565. The highest BCUT2D eigenvalue weighted by Gasteiger charge is 2.23. The Kier molecular flexibility index (Phi) is 4.49. The maximum atomic E-state index is 3.49. The fraction of sp³-hybridized carbons (Fsp3) is 0.474. The van der Waals surface area contributed by atoms with Crippen molar-refractivity contribution >= 4 is 10.8 Å². The highest BCUT2D eigenvalue weighted by atomic mass is 14.9. The van der Waals surface area contributed by atoms with Crippen molar-refractivity contribution in [2.24, 2.45) is 11.3 Å². The standard InChI is InChI=1S/C19H27N/c1-14(19(2,3)4)12-18(20-5)17-11-10-15-8-6-7-9-16(15)13-17/h6-11,13-14,18,20H,12H2,1-5H3. The number of benzene rings is 2. The van der Waals surface area contributed by atoms with Crippen LogP contribution >= 0.6 is 0 Å². The SMILES string of the molecule is CNC(CC(C)C(C)(C)C)c1ccc2ccccc2c1. The molecule has 0 aliphatic carbocycles. The second-order valence-electron chi connectivity index (χ2n) is 6.95. The average molecular weight is 269 g/mol. The molecule has 1 nitrogen and oxygen atoms in total. The molecule has 0 bridgehead atoms. The Hall–Kier alpha value is -1.34. The molecule has 2 atom stereocenters. The van der Waals surface area contributed by atoms with E-state index in [1.54, 1.807) is 0 Å². The summed E-state index contributed by atoms with van der Waals surface area (Å²) in [5, 5.41) is 6.13. The molecule has 20 heavy (non-hydrogen) atoms. The molecule has 108 valence electrons. The zero-order valence-corrected chi connectivity index (χ0v) is 13.4. The second kappa shape index (κ2) is 5.97. The molecule has 2 aromatic rings. The number of nitrogens with one attached hydrogen (secondary N) is 1. The molecule has 0 amide bonds. The zero-order valence-electron chi connectivity index (χ0n) is 13.4. The van der Waals surface area contributed by atoms with Crippen molar-refractivity contribution in [2.75, 3.05) is 7.05 Å². The van der Waals surface area contributed by atoms with E-state index in [-0.39, 0.29) is 0 Å². The molecule has 0 aromatic heterocycles. The molecule has 2 aromatic carbocycles. The Balaban J connectivity index is 2.25. The van der Waals surface area contributed by atoms with E-state index in [1.807, 2.05) is 0 Å². The van der Waals surface area contributed by atoms with E-state index in [0.29, 0.717) is 17.4 Å². The minimum absolute atomic E-state index is 0.353. The molecule has 0 heterocycles. The molecule has 2 unspecified atom stereocenters. The Labute approximate surface area is 123 Å². The summed E-state index contributed by atoms with van der Waals surface area (Å²) in [6.45, 7) is 9.33. The third kappa shape index (κ3) is 3.40. The third-order valence-electron chi connectivity index (χ3n) is 4.59. The molecule has 1 N–H and O–H groups in total. The van der Waals surface area contributed by atoms with Crippen LogP contribution in [0.15, 0.2) is 42.5 Å². The van der Waals surface area contributed by atoms with Gasteiger partial charge in [0.2, 0.25) is 0 Å². The van der Waals surface area contributed by atoms with Gasteiger partial charge in [0.25, 0.3) is 0 Å². The van der Waals surface area contributed by atoms with Crippen molar-refractivity contribution in [3.8, 4) is 0 Å². The summed E-state index contributed by atoms with van der Waals surface area (Å²) in [6, 6.07) is 15.8. The molecule has 2 rings (SSSR count). The molecule has 0 fully saturated rings. The summed E-state index contributed by atoms with van der Waals surface area (Å²) in [7, 11) is 2.06. The number of hydrogen-bond acceptors (Lipinski definition) is 1. The van der Waals surface area contributed by atoms with Crippen LogP contribution in [0.1, 0.15) is 45.7 Å². The Morgan fingerprint density at radius 3 is 2.25 bits per heavy atom. The van der Waals surface area contributed by atoms with E-state index in [9.17, 15) is 0 Å². The zero-order chi connectivity index (χ0) is 14.8. The quantitative estimate of drug-likeness (QED) is 0.807. The van der Waals surface area contributed by atoms with Crippen LogP contribution in [0, 0.1) is 11.3 Å². The van der Waals surface area contributed by atoms with E-state index in [1.165, 1.54) is 22.8 Å². The normalized spacial score (nSPS) is 15.2. The van der Waals surface area contributed by atoms with Gasteiger partial charge in [-0.2, -0.15) is 0 Å².